The van der Waals surface area contributed by atoms with Crippen molar-refractivity contribution in [3.63, 3.8) is 0 Å². The zero-order chi connectivity index (χ0) is 14.1. The molecule has 0 aliphatic rings. The van der Waals surface area contributed by atoms with Crippen molar-refractivity contribution in [2.75, 3.05) is 5.73 Å². The summed E-state index contributed by atoms with van der Waals surface area (Å²) >= 11 is 4.68. The quantitative estimate of drug-likeness (QED) is 0.782. The molecule has 0 spiro atoms. The van der Waals surface area contributed by atoms with Gasteiger partial charge in [-0.15, -0.1) is 0 Å². The van der Waals surface area contributed by atoms with Crippen LogP contribution in [0.15, 0.2) is 33.3 Å². The molecule has 0 saturated heterocycles. The highest BCUT2D eigenvalue weighted by Gasteiger charge is 2.17. The molecule has 0 atom stereocenters. The number of nitrogen functional groups attached to an aromatic ring is 1. The Balaban J connectivity index is 1.88. The number of rotatable bonds is 3. The van der Waals surface area contributed by atoms with Gasteiger partial charge in [0.05, 0.1) is 11.3 Å². The van der Waals surface area contributed by atoms with Crippen LogP contribution in [-0.2, 0) is 6.42 Å². The van der Waals surface area contributed by atoms with Crippen molar-refractivity contribution in [2.24, 2.45) is 0 Å². The molecule has 2 heterocycles. The van der Waals surface area contributed by atoms with Crippen molar-refractivity contribution in [3.8, 4) is 11.5 Å². The second-order valence-electron chi connectivity index (χ2n) is 4.33. The molecule has 0 saturated carbocycles. The van der Waals surface area contributed by atoms with E-state index >= 15 is 0 Å². The first kappa shape index (κ1) is 13.3. The van der Waals surface area contributed by atoms with Crippen LogP contribution in [-0.4, -0.2) is 14.5 Å². The van der Waals surface area contributed by atoms with Crippen LogP contribution < -0.4 is 5.73 Å². The van der Waals surface area contributed by atoms with Crippen LogP contribution in [0.3, 0.4) is 0 Å². The van der Waals surface area contributed by atoms with Crippen molar-refractivity contribution >= 4 is 32.5 Å². The Hall–Kier alpha value is -1.73. The molecule has 0 radical (unpaired) electrons. The predicted octanol–water partition coefficient (Wildman–Crippen LogP) is 3.44. The van der Waals surface area contributed by atoms with E-state index in [-0.39, 0.29) is 0 Å². The maximum atomic E-state index is 5.88. The van der Waals surface area contributed by atoms with Crippen molar-refractivity contribution in [3.05, 3.63) is 45.8 Å². The van der Waals surface area contributed by atoms with E-state index < -0.39 is 0 Å². The lowest BCUT2D eigenvalue weighted by Crippen LogP contribution is -1.91. The van der Waals surface area contributed by atoms with E-state index in [1.165, 1.54) is 11.5 Å². The molecule has 0 amide bonds. The summed E-state index contributed by atoms with van der Waals surface area (Å²) in [6.45, 7) is 1.88. The fraction of sp³-hybridized carbons (Fsp3) is 0.154. The first-order valence-electron chi connectivity index (χ1n) is 5.92. The van der Waals surface area contributed by atoms with Gasteiger partial charge in [-0.25, -0.2) is 0 Å². The third-order valence-electron chi connectivity index (χ3n) is 2.82. The highest BCUT2D eigenvalue weighted by atomic mass is 79.9. The fourth-order valence-electron chi connectivity index (χ4n) is 1.90. The molecule has 0 aliphatic heterocycles. The van der Waals surface area contributed by atoms with Gasteiger partial charge in [-0.1, -0.05) is 33.2 Å². The smallest absolute Gasteiger partial charge is 0.262 e. The zero-order valence-electron chi connectivity index (χ0n) is 10.6. The summed E-state index contributed by atoms with van der Waals surface area (Å²) in [5.41, 5.74) is 8.54. The van der Waals surface area contributed by atoms with Crippen LogP contribution in [0.5, 0.6) is 0 Å². The summed E-state index contributed by atoms with van der Waals surface area (Å²) in [6.07, 6.45) is 0.611. The average Bonchev–Trinajstić information content (AvgIpc) is 2.97. The van der Waals surface area contributed by atoms with Gasteiger partial charge < -0.3 is 10.3 Å². The number of halogens is 1. The molecule has 0 fully saturated rings. The standard InChI is InChI=1S/C13H11BrN4OS/c1-7-11(12(15)20-18-7)13-16-10(17-19-13)6-8-3-2-4-9(14)5-8/h2-5H,6,15H2,1H3. The minimum atomic E-state index is 0.429. The normalized spacial score (nSPS) is 10.9. The number of hydrogen-bond acceptors (Lipinski definition) is 6. The molecule has 1 aromatic carbocycles. The largest absolute Gasteiger partial charge is 0.389 e. The summed E-state index contributed by atoms with van der Waals surface area (Å²) in [5.74, 6) is 1.06. The molecule has 0 bridgehead atoms. The third-order valence-corrected chi connectivity index (χ3v) is 4.08. The van der Waals surface area contributed by atoms with E-state index in [0.717, 1.165) is 21.3 Å². The Morgan fingerprint density at radius 3 is 2.95 bits per heavy atom. The van der Waals surface area contributed by atoms with Crippen molar-refractivity contribution in [1.82, 2.24) is 14.5 Å². The van der Waals surface area contributed by atoms with Gasteiger partial charge in [0, 0.05) is 10.9 Å². The first-order chi connectivity index (χ1) is 9.63. The number of aryl methyl sites for hydroxylation is 1. The fourth-order valence-corrected chi connectivity index (χ4v) is 3.00. The van der Waals surface area contributed by atoms with Crippen molar-refractivity contribution in [1.29, 1.82) is 0 Å². The lowest BCUT2D eigenvalue weighted by molar-refractivity contribution is 0.424. The van der Waals surface area contributed by atoms with Gasteiger partial charge in [0.1, 0.15) is 5.00 Å². The summed E-state index contributed by atoms with van der Waals surface area (Å²) < 4.78 is 10.5. The molecule has 2 aromatic heterocycles. The first-order valence-corrected chi connectivity index (χ1v) is 7.49. The Morgan fingerprint density at radius 1 is 1.40 bits per heavy atom. The van der Waals surface area contributed by atoms with Gasteiger partial charge in [0.15, 0.2) is 5.82 Å². The highest BCUT2D eigenvalue weighted by molar-refractivity contribution is 9.10. The number of anilines is 1. The maximum absolute atomic E-state index is 5.88. The number of hydrogen-bond donors (Lipinski definition) is 1. The van der Waals surface area contributed by atoms with E-state index in [9.17, 15) is 0 Å². The number of nitrogens with zero attached hydrogens (tertiary/aromatic N) is 3. The monoisotopic (exact) mass is 350 g/mol. The molecular formula is C13H11BrN4OS. The van der Waals surface area contributed by atoms with Gasteiger partial charge in [-0.3, -0.25) is 0 Å². The van der Waals surface area contributed by atoms with Crippen LogP contribution in [0.4, 0.5) is 5.00 Å². The average molecular weight is 351 g/mol. The van der Waals surface area contributed by atoms with Crippen molar-refractivity contribution in [2.45, 2.75) is 13.3 Å². The Kier molecular flexibility index (Phi) is 3.54. The van der Waals surface area contributed by atoms with Gasteiger partial charge in [0.2, 0.25) is 0 Å². The molecular weight excluding hydrogens is 340 g/mol. The molecule has 5 nitrogen and oxygen atoms in total. The topological polar surface area (TPSA) is 77.8 Å². The summed E-state index contributed by atoms with van der Waals surface area (Å²) in [4.78, 5) is 4.39. The lowest BCUT2D eigenvalue weighted by Gasteiger charge is -1.97. The Morgan fingerprint density at radius 2 is 2.25 bits per heavy atom. The molecule has 20 heavy (non-hydrogen) atoms. The van der Waals surface area contributed by atoms with Gasteiger partial charge >= 0.3 is 0 Å². The van der Waals surface area contributed by atoms with Gasteiger partial charge in [-0.2, -0.15) is 9.36 Å². The maximum Gasteiger partial charge on any atom is 0.262 e. The summed E-state index contributed by atoms with van der Waals surface area (Å²) in [6, 6.07) is 8.01. The number of aromatic nitrogens is 3. The van der Waals surface area contributed by atoms with E-state index in [0.29, 0.717) is 23.1 Å². The van der Waals surface area contributed by atoms with Gasteiger partial charge in [0.25, 0.3) is 5.89 Å². The zero-order valence-corrected chi connectivity index (χ0v) is 13.0. The van der Waals surface area contributed by atoms with Crippen LogP contribution >= 0.6 is 27.5 Å². The molecule has 7 heteroatoms. The lowest BCUT2D eigenvalue weighted by atomic mass is 10.1. The second-order valence-corrected chi connectivity index (χ2v) is 6.05. The molecule has 0 aliphatic carbocycles. The highest BCUT2D eigenvalue weighted by Crippen LogP contribution is 2.31. The SMILES string of the molecule is Cc1nsc(N)c1-c1nc(Cc2cccc(Br)c2)no1. The molecule has 3 aromatic rings. The van der Waals surface area contributed by atoms with Crippen LogP contribution in [0.25, 0.3) is 11.5 Å². The minimum Gasteiger partial charge on any atom is -0.389 e. The minimum absolute atomic E-state index is 0.429. The van der Waals surface area contributed by atoms with Crippen molar-refractivity contribution < 1.29 is 4.52 Å². The summed E-state index contributed by atoms with van der Waals surface area (Å²) in [5, 5.41) is 4.60. The van der Waals surface area contributed by atoms with E-state index in [4.69, 9.17) is 10.3 Å². The third kappa shape index (κ3) is 2.59. The molecule has 102 valence electrons. The van der Waals surface area contributed by atoms with E-state index in [1.54, 1.807) is 0 Å². The van der Waals surface area contributed by atoms with E-state index in [2.05, 4.69) is 30.4 Å². The predicted molar refractivity (Wildman–Crippen MR) is 81.5 cm³/mol. The second kappa shape index (κ2) is 5.34. The number of benzene rings is 1. The summed E-state index contributed by atoms with van der Waals surface area (Å²) in [7, 11) is 0. The Labute approximate surface area is 128 Å². The van der Waals surface area contributed by atoms with E-state index in [1.807, 2.05) is 31.2 Å². The molecule has 3 rings (SSSR count). The number of nitrogens with two attached hydrogens (primary N) is 1. The Bertz CT molecular complexity index is 733. The van der Waals surface area contributed by atoms with Crippen LogP contribution in [0, 0.1) is 6.92 Å². The van der Waals surface area contributed by atoms with Gasteiger partial charge in [-0.05, 0) is 36.2 Å². The molecule has 2 N–H and O–H groups in total. The van der Waals surface area contributed by atoms with Crippen LogP contribution in [0.2, 0.25) is 0 Å². The molecule has 0 unspecified atom stereocenters. The van der Waals surface area contributed by atoms with Crippen LogP contribution in [0.1, 0.15) is 17.1 Å².